The molecule has 0 aliphatic heterocycles. The van der Waals surface area contributed by atoms with Gasteiger partial charge in [0.2, 0.25) is 8.22 Å². The van der Waals surface area contributed by atoms with Crippen LogP contribution in [0.25, 0.3) is 22.3 Å². The van der Waals surface area contributed by atoms with Crippen molar-refractivity contribution in [1.82, 2.24) is 0 Å². The first kappa shape index (κ1) is 28.8. The summed E-state index contributed by atoms with van der Waals surface area (Å²) in [4.78, 5) is 0. The Morgan fingerprint density at radius 2 is 1.32 bits per heavy atom. The summed E-state index contributed by atoms with van der Waals surface area (Å²) in [6.07, 6.45) is -4.65. The van der Waals surface area contributed by atoms with E-state index in [1.54, 1.807) is 30.3 Å². The molecular formula is C29H23F7O4. The topological polar surface area (TPSA) is 47.9 Å². The lowest BCUT2D eigenvalue weighted by atomic mass is 10.1. The molecule has 0 unspecified atom stereocenters. The van der Waals surface area contributed by atoms with E-state index in [1.165, 1.54) is 42.5 Å². The Balaban J connectivity index is 0.000000696. The van der Waals surface area contributed by atoms with E-state index in [2.05, 4.69) is 9.85 Å². The summed E-state index contributed by atoms with van der Waals surface area (Å²) < 4.78 is 110. The fraction of sp³-hybridized carbons (Fsp3) is 0.172. The van der Waals surface area contributed by atoms with Gasteiger partial charge >= 0.3 is 6.36 Å². The van der Waals surface area contributed by atoms with Crippen LogP contribution in [0.3, 0.4) is 0 Å². The Morgan fingerprint density at radius 1 is 0.700 bits per heavy atom. The van der Waals surface area contributed by atoms with Crippen molar-refractivity contribution in [3.8, 4) is 39.5 Å². The van der Waals surface area contributed by atoms with Crippen LogP contribution in [0.5, 0.6) is 17.2 Å². The molecule has 0 atom stereocenters. The summed E-state index contributed by atoms with van der Waals surface area (Å²) in [7, 11) is 0. The van der Waals surface area contributed by atoms with Crippen LogP contribution < -0.4 is 14.2 Å². The lowest BCUT2D eigenvalue weighted by Crippen LogP contribution is -2.17. The number of ether oxygens (including phenoxy) is 3. The normalized spacial score (nSPS) is 11.2. The van der Waals surface area contributed by atoms with Crippen LogP contribution in [0.2, 0.25) is 0 Å². The van der Waals surface area contributed by atoms with Gasteiger partial charge in [-0.2, -0.15) is 0 Å². The highest BCUT2D eigenvalue weighted by Crippen LogP contribution is 2.31. The van der Waals surface area contributed by atoms with Gasteiger partial charge in [0.15, 0.2) is 11.6 Å². The zero-order chi connectivity index (χ0) is 29.8. The van der Waals surface area contributed by atoms with Gasteiger partial charge in [-0.1, -0.05) is 30.3 Å². The SMILES string of the molecule is Fc1ccc(-c2ccc(OCOc3ccc(-c4ccc(OC(F)(F)F)c(F)c4)cc3)cc2F)cc1.[3H]OCCCF. The second-order valence-electron chi connectivity index (χ2n) is 8.02. The standard InChI is InChI=1S/C26H16F6O3.C3H7FO/c27-19-6-1-17(2-7-19)22-11-10-21(14-23(22)28)34-15-33-20-8-3-16(4-9-20)18-5-12-25(24(29)13-18)35-26(30,31)32;4-2-1-3-5/h1-14H,15H2;5H,1-3H2/i;5T. The molecule has 4 aromatic carbocycles. The van der Waals surface area contributed by atoms with Gasteiger partial charge in [0, 0.05) is 18.2 Å². The third-order valence-corrected chi connectivity index (χ3v) is 5.17. The quantitative estimate of drug-likeness (QED) is 0.119. The average Bonchev–Trinajstić information content (AvgIpc) is 2.94. The van der Waals surface area contributed by atoms with Crippen LogP contribution in [-0.2, 0) is 0 Å². The fourth-order valence-corrected chi connectivity index (χ4v) is 3.30. The Bertz CT molecular complexity index is 1380. The smallest absolute Gasteiger partial charge is 0.458 e. The molecular weight excluding hydrogens is 545 g/mol. The maximum atomic E-state index is 14.4. The molecule has 0 fully saturated rings. The van der Waals surface area contributed by atoms with Crippen molar-refractivity contribution in [3.05, 3.63) is 102 Å². The molecule has 4 aromatic rings. The van der Waals surface area contributed by atoms with Crippen molar-refractivity contribution < 1.29 is 50.1 Å². The predicted octanol–water partition coefficient (Wildman–Crippen LogP) is 8.09. The van der Waals surface area contributed by atoms with E-state index in [9.17, 15) is 30.7 Å². The van der Waals surface area contributed by atoms with Gasteiger partial charge in [-0.05, 0) is 71.6 Å². The summed E-state index contributed by atoms with van der Waals surface area (Å²) in [5.41, 5.74) is 1.70. The fourth-order valence-electron chi connectivity index (χ4n) is 3.30. The van der Waals surface area contributed by atoms with E-state index in [-0.39, 0.29) is 19.1 Å². The third kappa shape index (κ3) is 9.19. The molecule has 11 heteroatoms. The molecule has 212 valence electrons. The number of alkyl halides is 4. The number of hydrogen-bond acceptors (Lipinski definition) is 4. The molecule has 0 amide bonds. The van der Waals surface area contributed by atoms with Crippen LogP contribution in [0.1, 0.15) is 6.42 Å². The van der Waals surface area contributed by atoms with Crippen LogP contribution in [0.4, 0.5) is 30.7 Å². The summed E-state index contributed by atoms with van der Waals surface area (Å²) >= 11 is 0. The number of benzene rings is 4. The number of hydrogen-bond donors (Lipinski definition) is 1. The van der Waals surface area contributed by atoms with Crippen LogP contribution in [0.15, 0.2) is 84.9 Å². The van der Waals surface area contributed by atoms with Crippen molar-refractivity contribution in [2.45, 2.75) is 12.8 Å². The van der Waals surface area contributed by atoms with Crippen LogP contribution >= 0.6 is 0 Å². The van der Waals surface area contributed by atoms with Gasteiger partial charge in [-0.3, -0.25) is 4.39 Å². The number of aliphatic hydroxyl groups excluding tert-OH is 1. The second-order valence-corrected chi connectivity index (χ2v) is 8.02. The van der Waals surface area contributed by atoms with E-state index in [1.807, 2.05) is 0 Å². The Hall–Kier alpha value is -4.25. The molecule has 0 heterocycles. The van der Waals surface area contributed by atoms with E-state index in [4.69, 9.17) is 10.9 Å². The molecule has 4 nitrogen and oxygen atoms in total. The minimum absolute atomic E-state index is 0.205. The highest BCUT2D eigenvalue weighted by Gasteiger charge is 2.32. The number of halogens is 7. The maximum absolute atomic E-state index is 14.4. The molecule has 40 heavy (non-hydrogen) atoms. The monoisotopic (exact) mass is 570 g/mol. The summed E-state index contributed by atoms with van der Waals surface area (Å²) in [6.45, 7) is -0.415. The molecule has 0 radical (unpaired) electrons. The molecule has 1 N–H and O–H groups in total. The zero-order valence-electron chi connectivity index (χ0n) is 21.7. The van der Waals surface area contributed by atoms with E-state index >= 15 is 0 Å². The summed E-state index contributed by atoms with van der Waals surface area (Å²) in [5.74, 6) is -2.40. The molecule has 0 aliphatic carbocycles. The summed E-state index contributed by atoms with van der Waals surface area (Å²) in [6, 6.07) is 19.1. The maximum Gasteiger partial charge on any atom is 0.573 e. The van der Waals surface area contributed by atoms with Crippen molar-refractivity contribution in [2.24, 2.45) is 0 Å². The molecule has 0 saturated carbocycles. The van der Waals surface area contributed by atoms with Gasteiger partial charge < -0.3 is 19.3 Å². The Labute approximate surface area is 226 Å². The molecule has 4 rings (SSSR count). The van der Waals surface area contributed by atoms with Gasteiger partial charge in [0.1, 0.15) is 23.1 Å². The lowest BCUT2D eigenvalue weighted by Gasteiger charge is -2.12. The van der Waals surface area contributed by atoms with E-state index in [0.29, 0.717) is 34.4 Å². The van der Waals surface area contributed by atoms with Gasteiger partial charge in [-0.25, -0.2) is 13.2 Å². The third-order valence-electron chi connectivity index (χ3n) is 5.17. The lowest BCUT2D eigenvalue weighted by molar-refractivity contribution is -0.275. The predicted molar refractivity (Wildman–Crippen MR) is 134 cm³/mol. The number of rotatable bonds is 10. The first-order valence-electron chi connectivity index (χ1n) is 12.1. The van der Waals surface area contributed by atoms with Gasteiger partial charge in [0.25, 0.3) is 0 Å². The number of aliphatic hydroxyl groups is 1. The van der Waals surface area contributed by atoms with Gasteiger partial charge in [0.05, 0.1) is 6.67 Å². The largest absolute Gasteiger partial charge is 0.573 e. The van der Waals surface area contributed by atoms with Crippen molar-refractivity contribution in [3.63, 3.8) is 0 Å². The van der Waals surface area contributed by atoms with E-state index < -0.39 is 36.2 Å². The molecule has 0 aromatic heterocycles. The minimum Gasteiger partial charge on any atom is -0.458 e. The van der Waals surface area contributed by atoms with E-state index in [0.717, 1.165) is 12.1 Å². The van der Waals surface area contributed by atoms with Crippen molar-refractivity contribution in [1.29, 1.82) is 1.43 Å². The zero-order valence-corrected chi connectivity index (χ0v) is 20.7. The summed E-state index contributed by atoms with van der Waals surface area (Å²) in [5, 5.41) is 3.79. The first-order chi connectivity index (χ1) is 19.6. The average molecular weight is 570 g/mol. The first-order valence-corrected chi connectivity index (χ1v) is 11.7. The Morgan fingerprint density at radius 3 is 1.90 bits per heavy atom. The van der Waals surface area contributed by atoms with Crippen LogP contribution in [0, 0.1) is 17.5 Å². The van der Waals surface area contributed by atoms with Gasteiger partial charge in [-0.15, -0.1) is 13.2 Å². The van der Waals surface area contributed by atoms with Crippen molar-refractivity contribution in [2.75, 3.05) is 20.1 Å². The molecule has 0 bridgehead atoms. The second kappa shape index (κ2) is 14.2. The molecule has 0 saturated heterocycles. The molecule has 0 aliphatic rings. The highest BCUT2D eigenvalue weighted by atomic mass is 19.4. The minimum atomic E-state index is -4.99. The van der Waals surface area contributed by atoms with Crippen molar-refractivity contribution >= 4 is 0 Å². The highest BCUT2D eigenvalue weighted by molar-refractivity contribution is 5.66. The Kier molecular flexibility index (Phi) is 10.2. The molecule has 0 spiro atoms. The van der Waals surface area contributed by atoms with Crippen LogP contribution in [-0.4, -0.2) is 33.0 Å².